The van der Waals surface area contributed by atoms with Gasteiger partial charge < -0.3 is 9.15 Å². The Morgan fingerprint density at radius 3 is 3.00 bits per heavy atom. The van der Waals surface area contributed by atoms with Crippen molar-refractivity contribution in [1.82, 2.24) is 19.7 Å². The summed E-state index contributed by atoms with van der Waals surface area (Å²) >= 11 is 7.59. The first-order valence-corrected chi connectivity index (χ1v) is 9.99. The molecule has 0 radical (unpaired) electrons. The number of H-pyrrole nitrogens is 1. The number of hydrogen-bond acceptors (Lipinski definition) is 6. The van der Waals surface area contributed by atoms with Gasteiger partial charge in [0.15, 0.2) is 11.4 Å². The van der Waals surface area contributed by atoms with Crippen LogP contribution in [0, 0.1) is 0 Å². The van der Waals surface area contributed by atoms with E-state index < -0.39 is 0 Å². The maximum atomic E-state index is 12.0. The monoisotopic (exact) mass is 416 g/mol. The first-order chi connectivity index (χ1) is 13.7. The molecular formula is C19H17ClN4O3S. The number of rotatable bonds is 7. The number of ether oxygens (including phenoxy) is 1. The van der Waals surface area contributed by atoms with Crippen molar-refractivity contribution in [2.75, 3.05) is 12.9 Å². The minimum absolute atomic E-state index is 0.334. The lowest BCUT2D eigenvalue weighted by Crippen LogP contribution is -2.14. The molecule has 1 N–H and O–H groups in total. The number of aromatic nitrogens is 4. The second kappa shape index (κ2) is 8.12. The molecule has 7 nitrogen and oxygen atoms in total. The fourth-order valence-corrected chi connectivity index (χ4v) is 3.80. The van der Waals surface area contributed by atoms with E-state index in [9.17, 15) is 4.79 Å². The fourth-order valence-electron chi connectivity index (χ4n) is 2.91. The van der Waals surface area contributed by atoms with E-state index in [0.717, 1.165) is 23.3 Å². The molecular weight excluding hydrogens is 400 g/mol. The van der Waals surface area contributed by atoms with Gasteiger partial charge in [-0.1, -0.05) is 35.5 Å². The molecule has 0 bridgehead atoms. The van der Waals surface area contributed by atoms with Crippen LogP contribution in [0.2, 0.25) is 5.02 Å². The number of hydrogen-bond donors (Lipinski definition) is 1. The number of nitrogens with zero attached hydrogens (tertiary/aromatic N) is 3. The molecule has 2 aromatic heterocycles. The van der Waals surface area contributed by atoms with Gasteiger partial charge in [-0.05, 0) is 36.8 Å². The Balaban J connectivity index is 1.40. The van der Waals surface area contributed by atoms with Gasteiger partial charge in [-0.3, -0.25) is 9.67 Å². The van der Waals surface area contributed by atoms with Gasteiger partial charge in [0, 0.05) is 17.3 Å². The summed E-state index contributed by atoms with van der Waals surface area (Å²) in [5.74, 6) is 1.69. The van der Waals surface area contributed by atoms with E-state index >= 15 is 0 Å². The summed E-state index contributed by atoms with van der Waals surface area (Å²) in [6.07, 6.45) is 0.776. The number of methoxy groups -OCH3 is 1. The van der Waals surface area contributed by atoms with E-state index in [1.54, 1.807) is 35.9 Å². The number of oxazole rings is 1. The highest BCUT2D eigenvalue weighted by Crippen LogP contribution is 2.31. The molecule has 0 aliphatic heterocycles. The van der Waals surface area contributed by atoms with Crippen molar-refractivity contribution in [2.24, 2.45) is 0 Å². The van der Waals surface area contributed by atoms with Crippen molar-refractivity contribution in [1.29, 1.82) is 0 Å². The first-order valence-electron chi connectivity index (χ1n) is 8.63. The minimum Gasteiger partial charge on any atom is -0.496 e. The van der Waals surface area contributed by atoms with Gasteiger partial charge in [0.05, 0.1) is 18.2 Å². The third-order valence-corrected chi connectivity index (χ3v) is 5.38. The summed E-state index contributed by atoms with van der Waals surface area (Å²) in [6.45, 7) is 0.572. The van der Waals surface area contributed by atoms with E-state index in [4.69, 9.17) is 20.8 Å². The number of aromatic amines is 1. The average molecular weight is 417 g/mol. The van der Waals surface area contributed by atoms with Crippen molar-refractivity contribution < 1.29 is 9.15 Å². The third kappa shape index (κ3) is 3.79. The molecule has 0 unspecified atom stereocenters. The number of para-hydroxylation sites is 2. The van der Waals surface area contributed by atoms with Crippen molar-refractivity contribution in [3.8, 4) is 17.1 Å². The summed E-state index contributed by atoms with van der Waals surface area (Å²) in [5.41, 5.74) is 2.17. The number of nitrogens with one attached hydrogen (secondary N) is 1. The van der Waals surface area contributed by atoms with Gasteiger partial charge in [-0.25, -0.2) is 9.78 Å². The van der Waals surface area contributed by atoms with E-state index in [1.807, 2.05) is 18.2 Å². The molecule has 0 saturated heterocycles. The second-order valence-electron chi connectivity index (χ2n) is 6.00. The predicted octanol–water partition coefficient (Wildman–Crippen LogP) is 4.22. The van der Waals surface area contributed by atoms with Crippen LogP contribution in [0.25, 0.3) is 22.5 Å². The van der Waals surface area contributed by atoms with E-state index in [-0.39, 0.29) is 5.76 Å². The number of halogens is 1. The molecule has 0 fully saturated rings. The highest BCUT2D eigenvalue weighted by Gasteiger charge is 2.12. The van der Waals surface area contributed by atoms with Crippen molar-refractivity contribution >= 4 is 34.5 Å². The smallest absolute Gasteiger partial charge is 0.419 e. The Morgan fingerprint density at radius 2 is 2.14 bits per heavy atom. The predicted molar refractivity (Wildman–Crippen MR) is 109 cm³/mol. The molecule has 2 aromatic carbocycles. The Labute approximate surface area is 169 Å². The molecule has 0 amide bonds. The number of fused-ring (bicyclic) bond motifs is 1. The quantitative estimate of drug-likeness (QED) is 0.358. The van der Waals surface area contributed by atoms with Crippen LogP contribution in [0.15, 0.2) is 56.8 Å². The van der Waals surface area contributed by atoms with Gasteiger partial charge in [0.1, 0.15) is 5.75 Å². The van der Waals surface area contributed by atoms with Gasteiger partial charge >= 0.3 is 5.76 Å². The lowest BCUT2D eigenvalue weighted by atomic mass is 10.2. The summed E-state index contributed by atoms with van der Waals surface area (Å²) in [4.78, 5) is 16.5. The van der Waals surface area contributed by atoms with Crippen LogP contribution in [-0.4, -0.2) is 32.6 Å². The summed E-state index contributed by atoms with van der Waals surface area (Å²) in [6, 6.07) is 12.8. The average Bonchev–Trinajstić information content (AvgIpc) is 3.29. The Kier molecular flexibility index (Phi) is 5.40. The normalized spacial score (nSPS) is 11.2. The molecule has 0 spiro atoms. The molecule has 28 heavy (non-hydrogen) atoms. The van der Waals surface area contributed by atoms with Gasteiger partial charge in [0.2, 0.25) is 5.16 Å². The van der Waals surface area contributed by atoms with Crippen molar-refractivity contribution in [2.45, 2.75) is 18.1 Å². The van der Waals surface area contributed by atoms with Crippen LogP contribution in [0.4, 0.5) is 0 Å². The summed E-state index contributed by atoms with van der Waals surface area (Å²) < 4.78 is 12.3. The molecule has 4 rings (SSSR count). The van der Waals surface area contributed by atoms with Crippen LogP contribution in [0.1, 0.15) is 6.42 Å². The molecule has 4 aromatic rings. The van der Waals surface area contributed by atoms with Crippen LogP contribution in [0.5, 0.6) is 5.75 Å². The van der Waals surface area contributed by atoms with Crippen LogP contribution < -0.4 is 10.5 Å². The zero-order chi connectivity index (χ0) is 19.5. The maximum absolute atomic E-state index is 12.0. The zero-order valence-electron chi connectivity index (χ0n) is 15.0. The van der Waals surface area contributed by atoms with Gasteiger partial charge in [0.25, 0.3) is 0 Å². The molecule has 0 atom stereocenters. The third-order valence-electron chi connectivity index (χ3n) is 4.21. The molecule has 0 saturated carbocycles. The summed E-state index contributed by atoms with van der Waals surface area (Å²) in [5, 5.41) is 8.38. The van der Waals surface area contributed by atoms with Crippen LogP contribution in [0.3, 0.4) is 0 Å². The van der Waals surface area contributed by atoms with E-state index in [1.165, 1.54) is 11.8 Å². The Bertz CT molecular complexity index is 1170. The maximum Gasteiger partial charge on any atom is 0.419 e. The zero-order valence-corrected chi connectivity index (χ0v) is 16.6. The van der Waals surface area contributed by atoms with Crippen molar-refractivity contribution in [3.05, 3.63) is 58.0 Å². The van der Waals surface area contributed by atoms with Crippen LogP contribution in [-0.2, 0) is 6.54 Å². The van der Waals surface area contributed by atoms with E-state index in [0.29, 0.717) is 33.9 Å². The number of thioether (sulfide) groups is 1. The first kappa shape index (κ1) is 18.6. The molecule has 0 aliphatic rings. The lowest BCUT2D eigenvalue weighted by molar-refractivity contribution is 0.416. The topological polar surface area (TPSA) is 85.9 Å². The second-order valence-corrected chi connectivity index (χ2v) is 7.50. The number of aryl methyl sites for hydroxylation is 1. The van der Waals surface area contributed by atoms with Crippen molar-refractivity contribution in [3.63, 3.8) is 0 Å². The standard InChI is InChI=1S/C19H17ClN4O3S/c1-26-15-8-7-12(20)11-13(15)17-21-18(23-22-17)28-10-4-9-24-14-5-2-3-6-16(14)27-19(24)25/h2-3,5-8,11H,4,9-10H2,1H3,(H,21,22,23). The molecule has 2 heterocycles. The highest BCUT2D eigenvalue weighted by molar-refractivity contribution is 7.99. The highest BCUT2D eigenvalue weighted by atomic mass is 35.5. The minimum atomic E-state index is -0.334. The molecule has 144 valence electrons. The van der Waals surface area contributed by atoms with E-state index in [2.05, 4.69) is 15.2 Å². The van der Waals surface area contributed by atoms with Gasteiger partial charge in [-0.15, -0.1) is 5.10 Å². The Morgan fingerprint density at radius 1 is 1.29 bits per heavy atom. The number of benzene rings is 2. The Hall–Kier alpha value is -2.71. The SMILES string of the molecule is COc1ccc(Cl)cc1-c1nc(SCCCn2c(=O)oc3ccccc32)n[nH]1. The van der Waals surface area contributed by atoms with Gasteiger partial charge in [-0.2, -0.15) is 0 Å². The molecule has 0 aliphatic carbocycles. The summed E-state index contributed by atoms with van der Waals surface area (Å²) in [7, 11) is 1.60. The van der Waals surface area contributed by atoms with Crippen LogP contribution >= 0.6 is 23.4 Å². The lowest BCUT2D eigenvalue weighted by Gasteiger charge is -2.05. The molecule has 9 heteroatoms. The fraction of sp³-hybridized carbons (Fsp3) is 0.211. The largest absolute Gasteiger partial charge is 0.496 e.